The summed E-state index contributed by atoms with van der Waals surface area (Å²) < 4.78 is 9.46. The van der Waals surface area contributed by atoms with Crippen LogP contribution in [0.2, 0.25) is 0 Å². The van der Waals surface area contributed by atoms with Gasteiger partial charge in [0.1, 0.15) is 11.2 Å². The predicted octanol–water partition coefficient (Wildman–Crippen LogP) is 19.2. The first-order chi connectivity index (χ1) is 35.0. The third-order valence-corrected chi connectivity index (χ3v) is 16.3. The number of hydrogen-bond acceptors (Lipinski definition) is 1. The predicted molar refractivity (Wildman–Crippen MR) is 302 cm³/mol. The molecule has 1 aliphatic carbocycles. The summed E-state index contributed by atoms with van der Waals surface area (Å²) in [6.07, 6.45) is 0. The number of hydrogen-bond donors (Lipinski definition) is 0. The molecule has 2 aromatic heterocycles. The smallest absolute Gasteiger partial charge is 0.136 e. The van der Waals surface area contributed by atoms with Crippen LogP contribution in [-0.2, 0) is 5.41 Å². The van der Waals surface area contributed by atoms with Crippen LogP contribution in [0.4, 0.5) is 0 Å². The molecule has 0 radical (unpaired) electrons. The van der Waals surface area contributed by atoms with Crippen LogP contribution in [0.25, 0.3) is 147 Å². The first kappa shape index (κ1) is 38.9. The van der Waals surface area contributed by atoms with Gasteiger partial charge in [-0.2, -0.15) is 0 Å². The molecule has 330 valence electrons. The van der Waals surface area contributed by atoms with Crippen LogP contribution in [0.3, 0.4) is 0 Å². The molecule has 15 aromatic rings. The summed E-state index contributed by atoms with van der Waals surface area (Å²) >= 11 is 0. The number of fused-ring (bicyclic) bond motifs is 19. The summed E-state index contributed by atoms with van der Waals surface area (Å²) in [6.45, 7) is 4.79. The van der Waals surface area contributed by atoms with Gasteiger partial charge in [-0.15, -0.1) is 0 Å². The Morgan fingerprint density at radius 2 is 0.859 bits per heavy atom. The van der Waals surface area contributed by atoms with Crippen LogP contribution in [0.5, 0.6) is 0 Å². The molecule has 1 aliphatic rings. The van der Waals surface area contributed by atoms with Crippen LogP contribution in [0, 0.1) is 0 Å². The van der Waals surface area contributed by atoms with Crippen molar-refractivity contribution in [2.24, 2.45) is 0 Å². The van der Waals surface area contributed by atoms with E-state index in [1.54, 1.807) is 0 Å². The van der Waals surface area contributed by atoms with Crippen molar-refractivity contribution in [3.05, 3.63) is 236 Å². The van der Waals surface area contributed by atoms with Crippen molar-refractivity contribution >= 4 is 108 Å². The maximum absolute atomic E-state index is 6.94. The fraction of sp³-hybridized carbons (Fsp3) is 0.0435. The van der Waals surface area contributed by atoms with Gasteiger partial charge in [-0.25, -0.2) is 0 Å². The van der Waals surface area contributed by atoms with E-state index in [0.29, 0.717) is 0 Å². The molecular weight excluding hydrogens is 859 g/mol. The molecule has 0 aliphatic heterocycles. The van der Waals surface area contributed by atoms with Crippen molar-refractivity contribution in [2.45, 2.75) is 19.3 Å². The number of benzene rings is 13. The largest absolute Gasteiger partial charge is 0.456 e. The van der Waals surface area contributed by atoms with Gasteiger partial charge >= 0.3 is 0 Å². The topological polar surface area (TPSA) is 18.1 Å². The van der Waals surface area contributed by atoms with E-state index in [4.69, 9.17) is 4.42 Å². The minimum Gasteiger partial charge on any atom is -0.456 e. The third-order valence-electron chi connectivity index (χ3n) is 16.3. The lowest BCUT2D eigenvalue weighted by molar-refractivity contribution is 0.664. The lowest BCUT2D eigenvalue weighted by Gasteiger charge is -2.23. The van der Waals surface area contributed by atoms with Gasteiger partial charge in [-0.05, 0) is 170 Å². The monoisotopic (exact) mass is 901 g/mol. The van der Waals surface area contributed by atoms with Crippen molar-refractivity contribution < 1.29 is 4.42 Å². The Hall–Kier alpha value is -8.98. The molecule has 0 bridgehead atoms. The number of nitrogens with zero attached hydrogens (tertiary/aromatic N) is 1. The summed E-state index contributed by atoms with van der Waals surface area (Å²) in [5, 5.41) is 19.7. The van der Waals surface area contributed by atoms with Gasteiger partial charge in [-0.3, -0.25) is 0 Å². The van der Waals surface area contributed by atoms with Gasteiger partial charge in [0.25, 0.3) is 0 Å². The lowest BCUT2D eigenvalue weighted by atomic mass is 9.81. The first-order valence-corrected chi connectivity index (χ1v) is 24.8. The van der Waals surface area contributed by atoms with Crippen molar-refractivity contribution in [1.29, 1.82) is 0 Å². The molecule has 16 rings (SSSR count). The SMILES string of the molecule is CC1(C)c2ccccc2-c2ccc3c4cc(-c5c6ccccc6c(-c6ccc7c(c6)oc6cc8c9ccccc9c9cc%10ccccc%10cc9c8cc67)c6ccccc56)ccc4n(-c4ccccc4)c3c21. The lowest BCUT2D eigenvalue weighted by Crippen LogP contribution is -2.16. The van der Waals surface area contributed by atoms with Crippen LogP contribution in [0.1, 0.15) is 25.0 Å². The molecule has 2 heterocycles. The second kappa shape index (κ2) is 14.1. The van der Waals surface area contributed by atoms with Crippen molar-refractivity contribution in [3.63, 3.8) is 0 Å². The molecular formula is C69H43NO. The summed E-state index contributed by atoms with van der Waals surface area (Å²) in [6, 6.07) is 83.6. The molecule has 2 heteroatoms. The quantitative estimate of drug-likeness (QED) is 0.128. The van der Waals surface area contributed by atoms with Crippen molar-refractivity contribution in [2.75, 3.05) is 0 Å². The molecule has 0 amide bonds. The first-order valence-electron chi connectivity index (χ1n) is 24.8. The van der Waals surface area contributed by atoms with E-state index in [1.807, 2.05) is 0 Å². The highest BCUT2D eigenvalue weighted by molar-refractivity contribution is 6.30. The highest BCUT2D eigenvalue weighted by atomic mass is 16.3. The number of furan rings is 1. The molecule has 71 heavy (non-hydrogen) atoms. The van der Waals surface area contributed by atoms with E-state index in [9.17, 15) is 0 Å². The van der Waals surface area contributed by atoms with Crippen LogP contribution < -0.4 is 0 Å². The second-order valence-electron chi connectivity index (χ2n) is 20.3. The molecule has 0 spiro atoms. The Bertz CT molecular complexity index is 4780. The molecule has 0 saturated carbocycles. The van der Waals surface area contributed by atoms with Crippen molar-refractivity contribution in [3.8, 4) is 39.1 Å². The number of para-hydroxylation sites is 1. The molecule has 0 fully saturated rings. The molecule has 0 atom stereocenters. The molecule has 0 N–H and O–H groups in total. The van der Waals surface area contributed by atoms with E-state index in [-0.39, 0.29) is 5.41 Å². The fourth-order valence-corrected chi connectivity index (χ4v) is 13.2. The highest BCUT2D eigenvalue weighted by Gasteiger charge is 2.38. The standard InChI is InChI=1S/C69H43NO/c1-69(2)61-27-15-14-22-47(61)53-31-32-54-59-36-42(29-33-62(59)70(68(54)67(53)69)44-18-4-3-5-19-44)65-49-23-10-12-25-51(49)66(52-26-13-11-24-50(52)65)43-28-30-48-60-38-57-56-35-41-17-7-6-16-40(41)34-55(56)45-20-8-9-21-46(45)58(57)39-64(60)71-63(48)37-43/h3-39H,1-2H3. The van der Waals surface area contributed by atoms with Gasteiger partial charge in [0.15, 0.2) is 0 Å². The van der Waals surface area contributed by atoms with Crippen LogP contribution in [0.15, 0.2) is 229 Å². The Morgan fingerprint density at radius 3 is 1.55 bits per heavy atom. The maximum Gasteiger partial charge on any atom is 0.136 e. The molecule has 0 unspecified atom stereocenters. The average Bonchev–Trinajstić information content (AvgIpc) is 4.03. The average molecular weight is 902 g/mol. The maximum atomic E-state index is 6.94. The summed E-state index contributed by atoms with van der Waals surface area (Å²) in [5.41, 5.74) is 15.6. The summed E-state index contributed by atoms with van der Waals surface area (Å²) in [7, 11) is 0. The van der Waals surface area contributed by atoms with E-state index in [0.717, 1.165) is 27.5 Å². The molecule has 0 saturated heterocycles. The zero-order valence-corrected chi connectivity index (χ0v) is 39.2. The van der Waals surface area contributed by atoms with Gasteiger partial charge in [0.05, 0.1) is 11.0 Å². The fourth-order valence-electron chi connectivity index (χ4n) is 13.2. The second-order valence-corrected chi connectivity index (χ2v) is 20.3. The van der Waals surface area contributed by atoms with E-state index in [1.165, 1.54) is 131 Å². The highest BCUT2D eigenvalue weighted by Crippen LogP contribution is 2.54. The summed E-state index contributed by atoms with van der Waals surface area (Å²) in [5.74, 6) is 0. The Morgan fingerprint density at radius 1 is 0.338 bits per heavy atom. The van der Waals surface area contributed by atoms with Gasteiger partial charge < -0.3 is 8.98 Å². The normalized spacial score (nSPS) is 13.3. The van der Waals surface area contributed by atoms with E-state index >= 15 is 0 Å². The van der Waals surface area contributed by atoms with Gasteiger partial charge in [0, 0.05) is 32.6 Å². The van der Waals surface area contributed by atoms with E-state index < -0.39 is 0 Å². The zero-order valence-electron chi connectivity index (χ0n) is 39.2. The number of rotatable bonds is 3. The van der Waals surface area contributed by atoms with Gasteiger partial charge in [-0.1, -0.05) is 178 Å². The Labute approximate surface area is 409 Å². The minimum atomic E-state index is -0.170. The van der Waals surface area contributed by atoms with Crippen LogP contribution >= 0.6 is 0 Å². The minimum absolute atomic E-state index is 0.170. The Kier molecular flexibility index (Phi) is 7.71. The third kappa shape index (κ3) is 5.26. The van der Waals surface area contributed by atoms with Crippen LogP contribution in [-0.4, -0.2) is 4.57 Å². The van der Waals surface area contributed by atoms with Crippen molar-refractivity contribution in [1.82, 2.24) is 4.57 Å². The Balaban J connectivity index is 0.912. The zero-order chi connectivity index (χ0) is 46.7. The van der Waals surface area contributed by atoms with Gasteiger partial charge in [0.2, 0.25) is 0 Å². The number of aromatic nitrogens is 1. The van der Waals surface area contributed by atoms with E-state index in [2.05, 4.69) is 243 Å². The summed E-state index contributed by atoms with van der Waals surface area (Å²) in [4.78, 5) is 0. The molecule has 13 aromatic carbocycles. The molecule has 2 nitrogen and oxygen atoms in total.